The standard InChI is InChI=1S/C31H32ClN3O5S/c1-21-19-24(20-22(2)29(21)32)40-17-8-12-26-25-11-6-7-13-27(25)34-30(26)31(37)35-41(38,39)18-16-33-28(36)15-14-23-9-4-3-5-10-23/h3-7,9-11,13-15,19-20,34H,8,12,16-18H2,1-2H3,(H,33,36)(H,35,37). The van der Waals surface area contributed by atoms with Crippen molar-refractivity contribution in [1.29, 1.82) is 0 Å². The van der Waals surface area contributed by atoms with Crippen LogP contribution in [0.5, 0.6) is 5.75 Å². The molecule has 0 saturated heterocycles. The minimum atomic E-state index is -4.01. The van der Waals surface area contributed by atoms with Gasteiger partial charge in [-0.1, -0.05) is 60.1 Å². The quantitative estimate of drug-likeness (QED) is 0.151. The first kappa shape index (κ1) is 29.9. The first-order chi connectivity index (χ1) is 19.6. The molecule has 0 saturated carbocycles. The van der Waals surface area contributed by atoms with Gasteiger partial charge in [-0.25, -0.2) is 13.1 Å². The van der Waals surface area contributed by atoms with E-state index in [0.717, 1.165) is 33.3 Å². The lowest BCUT2D eigenvalue weighted by Crippen LogP contribution is -2.37. The van der Waals surface area contributed by atoms with Crippen LogP contribution in [-0.4, -0.2) is 44.1 Å². The SMILES string of the molecule is Cc1cc(OCCCc2c(C(=O)NS(=O)(=O)CCNC(=O)C=Cc3ccccc3)[nH]c3ccccc23)cc(C)c1Cl. The van der Waals surface area contributed by atoms with Crippen molar-refractivity contribution < 1.29 is 22.7 Å². The van der Waals surface area contributed by atoms with Gasteiger partial charge in [0.05, 0.1) is 12.4 Å². The van der Waals surface area contributed by atoms with Gasteiger partial charge >= 0.3 is 0 Å². The van der Waals surface area contributed by atoms with Crippen LogP contribution in [0, 0.1) is 13.8 Å². The van der Waals surface area contributed by atoms with Crippen LogP contribution in [0.2, 0.25) is 5.02 Å². The number of aromatic nitrogens is 1. The Bertz CT molecular complexity index is 1660. The first-order valence-electron chi connectivity index (χ1n) is 13.2. The van der Waals surface area contributed by atoms with E-state index in [1.807, 2.05) is 80.6 Å². The number of benzene rings is 3. The topological polar surface area (TPSA) is 117 Å². The fourth-order valence-electron chi connectivity index (χ4n) is 4.43. The molecule has 1 heterocycles. The van der Waals surface area contributed by atoms with Crippen LogP contribution >= 0.6 is 11.6 Å². The number of para-hydroxylation sites is 1. The first-order valence-corrected chi connectivity index (χ1v) is 15.2. The van der Waals surface area contributed by atoms with E-state index in [1.54, 1.807) is 6.08 Å². The zero-order valence-corrected chi connectivity index (χ0v) is 24.4. The number of H-pyrrole nitrogens is 1. The molecule has 41 heavy (non-hydrogen) atoms. The van der Waals surface area contributed by atoms with E-state index in [1.165, 1.54) is 6.08 Å². The molecular formula is C31H32ClN3O5S. The van der Waals surface area contributed by atoms with Crippen LogP contribution in [0.25, 0.3) is 17.0 Å². The highest BCUT2D eigenvalue weighted by atomic mass is 35.5. The van der Waals surface area contributed by atoms with Gasteiger partial charge in [-0.05, 0) is 73.2 Å². The number of carbonyl (C=O) groups excluding carboxylic acids is 2. The maximum Gasteiger partial charge on any atom is 0.281 e. The van der Waals surface area contributed by atoms with Crippen LogP contribution in [0.4, 0.5) is 0 Å². The van der Waals surface area contributed by atoms with Crippen molar-refractivity contribution in [2.45, 2.75) is 26.7 Å². The van der Waals surface area contributed by atoms with E-state index in [0.29, 0.717) is 30.0 Å². The summed E-state index contributed by atoms with van der Waals surface area (Å²) in [5.41, 5.74) is 4.33. The minimum absolute atomic E-state index is 0.152. The number of aryl methyl sites for hydroxylation is 3. The zero-order chi connectivity index (χ0) is 29.4. The lowest BCUT2D eigenvalue weighted by molar-refractivity contribution is -0.116. The van der Waals surface area contributed by atoms with E-state index >= 15 is 0 Å². The molecule has 3 N–H and O–H groups in total. The number of hydrogen-bond donors (Lipinski definition) is 3. The van der Waals surface area contributed by atoms with E-state index < -0.39 is 27.6 Å². The van der Waals surface area contributed by atoms with Crippen molar-refractivity contribution in [2.24, 2.45) is 0 Å². The molecule has 4 rings (SSSR count). The number of hydrogen-bond acceptors (Lipinski definition) is 5. The molecule has 0 aliphatic carbocycles. The van der Waals surface area contributed by atoms with Gasteiger partial charge in [-0.2, -0.15) is 0 Å². The number of carbonyl (C=O) groups is 2. The molecule has 0 radical (unpaired) electrons. The van der Waals surface area contributed by atoms with Crippen LogP contribution in [0.3, 0.4) is 0 Å². The Balaban J connectivity index is 1.35. The third kappa shape index (κ3) is 8.22. The second-order valence-corrected chi connectivity index (χ2v) is 11.9. The monoisotopic (exact) mass is 593 g/mol. The van der Waals surface area contributed by atoms with Crippen molar-refractivity contribution in [3.63, 3.8) is 0 Å². The Labute approximate surface area is 244 Å². The van der Waals surface area contributed by atoms with Crippen LogP contribution < -0.4 is 14.8 Å². The van der Waals surface area contributed by atoms with Gasteiger partial charge in [-0.15, -0.1) is 0 Å². The third-order valence-corrected chi connectivity index (χ3v) is 8.27. The molecular weight excluding hydrogens is 562 g/mol. The largest absolute Gasteiger partial charge is 0.494 e. The molecule has 0 bridgehead atoms. The third-order valence-electron chi connectivity index (χ3n) is 6.44. The number of ether oxygens (including phenoxy) is 1. The Morgan fingerprint density at radius 1 is 1.00 bits per heavy atom. The molecule has 0 atom stereocenters. The fraction of sp³-hybridized carbons (Fsp3) is 0.226. The Kier molecular flexibility index (Phi) is 9.86. The van der Waals surface area contributed by atoms with E-state index in [-0.39, 0.29) is 12.2 Å². The highest BCUT2D eigenvalue weighted by molar-refractivity contribution is 7.90. The lowest BCUT2D eigenvalue weighted by atomic mass is 10.1. The smallest absolute Gasteiger partial charge is 0.281 e. The Morgan fingerprint density at radius 2 is 1.68 bits per heavy atom. The molecule has 1 aromatic heterocycles. The predicted molar refractivity (Wildman–Crippen MR) is 163 cm³/mol. The summed E-state index contributed by atoms with van der Waals surface area (Å²) in [5, 5.41) is 4.08. The molecule has 4 aromatic rings. The summed E-state index contributed by atoms with van der Waals surface area (Å²) in [6.45, 7) is 4.09. The summed E-state index contributed by atoms with van der Waals surface area (Å²) in [7, 11) is -4.01. The molecule has 0 spiro atoms. The van der Waals surface area contributed by atoms with Crippen molar-refractivity contribution >= 4 is 50.4 Å². The molecule has 0 unspecified atom stereocenters. The predicted octanol–water partition coefficient (Wildman–Crippen LogP) is 5.34. The van der Waals surface area contributed by atoms with Crippen molar-refractivity contribution in [2.75, 3.05) is 18.9 Å². The highest BCUT2D eigenvalue weighted by Gasteiger charge is 2.22. The lowest BCUT2D eigenvalue weighted by Gasteiger charge is -2.11. The van der Waals surface area contributed by atoms with Crippen molar-refractivity contribution in [1.82, 2.24) is 15.0 Å². The summed E-state index contributed by atoms with van der Waals surface area (Å²) >= 11 is 6.24. The minimum Gasteiger partial charge on any atom is -0.494 e. The summed E-state index contributed by atoms with van der Waals surface area (Å²) in [4.78, 5) is 28.2. The molecule has 0 fully saturated rings. The van der Waals surface area contributed by atoms with E-state index in [2.05, 4.69) is 15.0 Å². The van der Waals surface area contributed by atoms with Gasteiger partial charge in [0.25, 0.3) is 5.91 Å². The number of rotatable bonds is 12. The average Bonchev–Trinajstić information content (AvgIpc) is 3.32. The molecule has 10 heteroatoms. The Hall–Kier alpha value is -4.08. The second kappa shape index (κ2) is 13.5. The van der Waals surface area contributed by atoms with Gasteiger partial charge in [0, 0.05) is 28.5 Å². The number of nitrogens with one attached hydrogen (secondary N) is 3. The summed E-state index contributed by atoms with van der Waals surface area (Å²) in [6.07, 6.45) is 4.04. The van der Waals surface area contributed by atoms with Gasteiger partial charge in [-0.3, -0.25) is 9.59 Å². The van der Waals surface area contributed by atoms with Crippen molar-refractivity contribution in [3.8, 4) is 5.75 Å². The summed E-state index contributed by atoms with van der Waals surface area (Å²) in [6, 6.07) is 20.4. The van der Waals surface area contributed by atoms with E-state index in [4.69, 9.17) is 16.3 Å². The second-order valence-electron chi connectivity index (χ2n) is 9.63. The van der Waals surface area contributed by atoms with Gasteiger partial charge < -0.3 is 15.0 Å². The number of aromatic amines is 1. The van der Waals surface area contributed by atoms with E-state index in [9.17, 15) is 18.0 Å². The van der Waals surface area contributed by atoms with Crippen LogP contribution in [0.15, 0.2) is 72.8 Å². The maximum absolute atomic E-state index is 13.1. The fourth-order valence-corrected chi connectivity index (χ4v) is 5.40. The van der Waals surface area contributed by atoms with Crippen LogP contribution in [0.1, 0.15) is 39.2 Å². The van der Waals surface area contributed by atoms with Crippen LogP contribution in [-0.2, 0) is 21.2 Å². The average molecular weight is 594 g/mol. The highest BCUT2D eigenvalue weighted by Crippen LogP contribution is 2.27. The molecule has 2 amide bonds. The molecule has 0 aliphatic heterocycles. The number of halogens is 1. The zero-order valence-electron chi connectivity index (χ0n) is 22.9. The normalized spacial score (nSPS) is 11.6. The number of sulfonamides is 1. The summed E-state index contributed by atoms with van der Waals surface area (Å²) < 4.78 is 33.4. The van der Waals surface area contributed by atoms with Crippen molar-refractivity contribution in [3.05, 3.63) is 106 Å². The van der Waals surface area contributed by atoms with Gasteiger partial charge in [0.2, 0.25) is 15.9 Å². The molecule has 3 aromatic carbocycles. The number of amides is 2. The van der Waals surface area contributed by atoms with Gasteiger partial charge in [0.1, 0.15) is 11.4 Å². The molecule has 214 valence electrons. The summed E-state index contributed by atoms with van der Waals surface area (Å²) in [5.74, 6) is -0.918. The maximum atomic E-state index is 13.1. The molecule has 0 aliphatic rings. The Morgan fingerprint density at radius 3 is 2.41 bits per heavy atom. The van der Waals surface area contributed by atoms with Gasteiger partial charge in [0.15, 0.2) is 0 Å². The molecule has 8 nitrogen and oxygen atoms in total. The number of fused-ring (bicyclic) bond motifs is 1.